The zero-order valence-electron chi connectivity index (χ0n) is 12.2. The minimum absolute atomic E-state index is 0.186. The van der Waals surface area contributed by atoms with Gasteiger partial charge >= 0.3 is 5.97 Å². The number of hydrogen-bond acceptors (Lipinski definition) is 4. The number of ether oxygens (including phenoxy) is 1. The lowest BCUT2D eigenvalue weighted by Crippen LogP contribution is -2.58. The van der Waals surface area contributed by atoms with Crippen molar-refractivity contribution in [2.75, 3.05) is 26.2 Å². The van der Waals surface area contributed by atoms with Crippen molar-refractivity contribution in [1.82, 2.24) is 10.2 Å². The van der Waals surface area contributed by atoms with Gasteiger partial charge in [0.05, 0.1) is 6.61 Å². The first-order valence-electron chi connectivity index (χ1n) is 7.50. The summed E-state index contributed by atoms with van der Waals surface area (Å²) in [5.41, 5.74) is 0. The first kappa shape index (κ1) is 16.1. The molecule has 0 aromatic carbocycles. The lowest BCUT2D eigenvalue weighted by Gasteiger charge is -2.38. The molecule has 1 aliphatic carbocycles. The Bertz CT molecular complexity index is 394. The predicted octanol–water partition coefficient (Wildman–Crippen LogP) is 1.18. The highest BCUT2D eigenvalue weighted by Gasteiger charge is 2.41. The van der Waals surface area contributed by atoms with Gasteiger partial charge in [0.15, 0.2) is 0 Å². The van der Waals surface area contributed by atoms with Crippen LogP contribution in [0.4, 0.5) is 8.78 Å². The number of rotatable bonds is 3. The third kappa shape index (κ3) is 3.90. The summed E-state index contributed by atoms with van der Waals surface area (Å²) in [6.45, 7) is 3.34. The van der Waals surface area contributed by atoms with Crippen LogP contribution in [-0.2, 0) is 14.3 Å². The van der Waals surface area contributed by atoms with Crippen LogP contribution in [0.15, 0.2) is 0 Å². The monoisotopic (exact) mass is 304 g/mol. The van der Waals surface area contributed by atoms with Crippen LogP contribution in [0, 0.1) is 5.92 Å². The highest BCUT2D eigenvalue weighted by molar-refractivity contribution is 5.86. The van der Waals surface area contributed by atoms with Gasteiger partial charge in [0.1, 0.15) is 6.04 Å². The van der Waals surface area contributed by atoms with E-state index >= 15 is 0 Å². The van der Waals surface area contributed by atoms with Crippen molar-refractivity contribution in [2.24, 2.45) is 5.92 Å². The first-order chi connectivity index (χ1) is 9.94. The molecule has 1 saturated heterocycles. The number of halogens is 2. The molecule has 1 amide bonds. The molecule has 0 spiro atoms. The highest BCUT2D eigenvalue weighted by atomic mass is 19.3. The van der Waals surface area contributed by atoms with Gasteiger partial charge in [0.25, 0.3) is 0 Å². The second-order valence-electron chi connectivity index (χ2n) is 5.63. The molecule has 120 valence electrons. The maximum Gasteiger partial charge on any atom is 0.330 e. The molecule has 21 heavy (non-hydrogen) atoms. The Balaban J connectivity index is 2.00. The van der Waals surface area contributed by atoms with E-state index < -0.39 is 23.9 Å². The van der Waals surface area contributed by atoms with E-state index in [2.05, 4.69) is 5.32 Å². The molecule has 5 nitrogen and oxygen atoms in total. The van der Waals surface area contributed by atoms with Crippen LogP contribution < -0.4 is 5.32 Å². The van der Waals surface area contributed by atoms with E-state index in [-0.39, 0.29) is 38.2 Å². The van der Waals surface area contributed by atoms with Gasteiger partial charge in [-0.25, -0.2) is 13.6 Å². The molecule has 7 heteroatoms. The quantitative estimate of drug-likeness (QED) is 0.795. The van der Waals surface area contributed by atoms with E-state index in [1.807, 2.05) is 0 Å². The van der Waals surface area contributed by atoms with Crippen molar-refractivity contribution >= 4 is 11.9 Å². The smallest absolute Gasteiger partial charge is 0.330 e. The van der Waals surface area contributed by atoms with Gasteiger partial charge in [0, 0.05) is 38.4 Å². The molecule has 1 aliphatic heterocycles. The minimum Gasteiger partial charge on any atom is -0.464 e. The molecular weight excluding hydrogens is 282 g/mol. The molecule has 0 radical (unpaired) electrons. The second kappa shape index (κ2) is 6.68. The summed E-state index contributed by atoms with van der Waals surface area (Å²) in [7, 11) is 0. The maximum atomic E-state index is 13.2. The first-order valence-corrected chi connectivity index (χ1v) is 7.50. The summed E-state index contributed by atoms with van der Waals surface area (Å²) in [6.07, 6.45) is -0.129. The normalized spacial score (nSPS) is 26.4. The van der Waals surface area contributed by atoms with Crippen molar-refractivity contribution < 1.29 is 23.1 Å². The topological polar surface area (TPSA) is 58.6 Å². The standard InChI is InChI=1S/C14H22F2N2O3/c1-2-21-13(20)11-9-17-7-8-18(11)12(19)10-3-5-14(15,16)6-4-10/h10-11,17H,2-9H2,1H3. The van der Waals surface area contributed by atoms with Crippen LogP contribution in [-0.4, -0.2) is 55.0 Å². The number of carbonyl (C=O) groups excluding carboxylic acids is 2. The molecule has 1 N–H and O–H groups in total. The number of hydrogen-bond donors (Lipinski definition) is 1. The van der Waals surface area contributed by atoms with Crippen LogP contribution >= 0.6 is 0 Å². The Morgan fingerprint density at radius 2 is 2.00 bits per heavy atom. The van der Waals surface area contributed by atoms with Crippen molar-refractivity contribution in [3.63, 3.8) is 0 Å². The van der Waals surface area contributed by atoms with E-state index in [9.17, 15) is 18.4 Å². The third-order valence-corrected chi connectivity index (χ3v) is 4.15. The fraction of sp³-hybridized carbons (Fsp3) is 0.857. The Morgan fingerprint density at radius 3 is 2.62 bits per heavy atom. The van der Waals surface area contributed by atoms with Crippen LogP contribution in [0.3, 0.4) is 0 Å². The minimum atomic E-state index is -2.65. The van der Waals surface area contributed by atoms with E-state index in [0.29, 0.717) is 19.6 Å². The Kier molecular flexibility index (Phi) is 5.13. The lowest BCUT2D eigenvalue weighted by molar-refractivity contribution is -0.158. The third-order valence-electron chi connectivity index (χ3n) is 4.15. The fourth-order valence-electron chi connectivity index (χ4n) is 2.94. The highest BCUT2D eigenvalue weighted by Crippen LogP contribution is 2.37. The number of carbonyl (C=O) groups is 2. The van der Waals surface area contributed by atoms with Crippen molar-refractivity contribution in [1.29, 1.82) is 0 Å². The molecular formula is C14H22F2N2O3. The summed E-state index contributed by atoms with van der Waals surface area (Å²) >= 11 is 0. The Labute approximate surface area is 123 Å². The molecule has 1 unspecified atom stereocenters. The molecule has 1 saturated carbocycles. The van der Waals surface area contributed by atoms with Gasteiger partial charge in [-0.15, -0.1) is 0 Å². The molecule has 0 bridgehead atoms. The fourth-order valence-corrected chi connectivity index (χ4v) is 2.94. The zero-order valence-corrected chi connectivity index (χ0v) is 12.2. The molecule has 2 rings (SSSR count). The van der Waals surface area contributed by atoms with Gasteiger partial charge in [-0.3, -0.25) is 4.79 Å². The Morgan fingerprint density at radius 1 is 1.33 bits per heavy atom. The SMILES string of the molecule is CCOC(=O)C1CNCCN1C(=O)C1CCC(F)(F)CC1. The van der Waals surface area contributed by atoms with Gasteiger partial charge in [-0.2, -0.15) is 0 Å². The molecule has 1 heterocycles. The van der Waals surface area contributed by atoms with Crippen molar-refractivity contribution in [3.05, 3.63) is 0 Å². The summed E-state index contributed by atoms with van der Waals surface area (Å²) in [6, 6.07) is -0.645. The summed E-state index contributed by atoms with van der Waals surface area (Å²) in [4.78, 5) is 26.0. The summed E-state index contributed by atoms with van der Waals surface area (Å²) in [5.74, 6) is -3.68. The number of nitrogens with one attached hydrogen (secondary N) is 1. The average molecular weight is 304 g/mol. The van der Waals surface area contributed by atoms with E-state index in [0.717, 1.165) is 0 Å². The molecule has 2 fully saturated rings. The van der Waals surface area contributed by atoms with E-state index in [4.69, 9.17) is 4.74 Å². The average Bonchev–Trinajstić information content (AvgIpc) is 2.47. The van der Waals surface area contributed by atoms with Gasteiger partial charge in [-0.1, -0.05) is 0 Å². The van der Waals surface area contributed by atoms with E-state index in [1.54, 1.807) is 6.92 Å². The van der Waals surface area contributed by atoms with Gasteiger partial charge in [0.2, 0.25) is 11.8 Å². The van der Waals surface area contributed by atoms with Crippen LogP contribution in [0.2, 0.25) is 0 Å². The molecule has 1 atom stereocenters. The van der Waals surface area contributed by atoms with Crippen LogP contribution in [0.1, 0.15) is 32.6 Å². The molecule has 0 aromatic rings. The number of amides is 1. The zero-order chi connectivity index (χ0) is 15.5. The van der Waals surface area contributed by atoms with Crippen LogP contribution in [0.5, 0.6) is 0 Å². The Hall–Kier alpha value is -1.24. The number of esters is 1. The summed E-state index contributed by atoms with van der Waals surface area (Å²) in [5, 5.41) is 3.06. The molecule has 2 aliphatic rings. The van der Waals surface area contributed by atoms with E-state index in [1.165, 1.54) is 4.90 Å². The predicted molar refractivity (Wildman–Crippen MR) is 71.9 cm³/mol. The van der Waals surface area contributed by atoms with Crippen LogP contribution in [0.25, 0.3) is 0 Å². The van der Waals surface area contributed by atoms with Gasteiger partial charge in [-0.05, 0) is 19.8 Å². The van der Waals surface area contributed by atoms with Gasteiger partial charge < -0.3 is 15.0 Å². The lowest BCUT2D eigenvalue weighted by atomic mass is 9.85. The number of alkyl halides is 2. The summed E-state index contributed by atoms with van der Waals surface area (Å²) < 4.78 is 31.3. The maximum absolute atomic E-state index is 13.2. The number of nitrogens with zero attached hydrogens (tertiary/aromatic N) is 1. The van der Waals surface area contributed by atoms with Crippen molar-refractivity contribution in [2.45, 2.75) is 44.6 Å². The second-order valence-corrected chi connectivity index (χ2v) is 5.63. The number of piperazine rings is 1. The largest absolute Gasteiger partial charge is 0.464 e. The molecule has 0 aromatic heterocycles. The van der Waals surface area contributed by atoms with Crippen molar-refractivity contribution in [3.8, 4) is 0 Å².